The minimum absolute atomic E-state index is 0.0422. The highest BCUT2D eigenvalue weighted by atomic mass is 19.1. The topological polar surface area (TPSA) is 70.7 Å². The molecule has 9 heteroatoms. The highest BCUT2D eigenvalue weighted by molar-refractivity contribution is 5.65. The van der Waals surface area contributed by atoms with E-state index in [1.165, 1.54) is 9.08 Å². The second-order valence-corrected chi connectivity index (χ2v) is 8.26. The monoisotopic (exact) mass is 488 g/mol. The first-order valence-electron chi connectivity index (χ1n) is 11.2. The zero-order valence-corrected chi connectivity index (χ0v) is 19.8. The summed E-state index contributed by atoms with van der Waals surface area (Å²) in [5.41, 5.74) is 2.45. The summed E-state index contributed by atoms with van der Waals surface area (Å²) in [5, 5.41) is 4.41. The molecule has 5 rings (SSSR count). The van der Waals surface area contributed by atoms with E-state index in [0.29, 0.717) is 28.5 Å². The van der Waals surface area contributed by atoms with E-state index in [9.17, 15) is 13.6 Å². The van der Waals surface area contributed by atoms with Crippen LogP contribution in [-0.4, -0.2) is 26.3 Å². The number of pyridine rings is 1. The third kappa shape index (κ3) is 4.19. The molecular formula is C27H22F2N4O3. The summed E-state index contributed by atoms with van der Waals surface area (Å²) in [6, 6.07) is 15.7. The molecule has 3 aromatic heterocycles. The summed E-state index contributed by atoms with van der Waals surface area (Å²) in [7, 11) is 1.60. The molecule has 3 heterocycles. The van der Waals surface area contributed by atoms with E-state index in [1.807, 2.05) is 24.3 Å². The average molecular weight is 488 g/mol. The lowest BCUT2D eigenvalue weighted by atomic mass is 10.1. The summed E-state index contributed by atoms with van der Waals surface area (Å²) >= 11 is 0. The zero-order valence-electron chi connectivity index (χ0n) is 19.8. The van der Waals surface area contributed by atoms with Gasteiger partial charge in [-0.05, 0) is 61.9 Å². The Morgan fingerprint density at radius 1 is 1.00 bits per heavy atom. The van der Waals surface area contributed by atoms with Crippen LogP contribution in [0.2, 0.25) is 0 Å². The number of fused-ring (bicyclic) bond motifs is 1. The number of nitrogens with zero attached hydrogens (tertiary/aromatic N) is 4. The first-order chi connectivity index (χ1) is 17.4. The summed E-state index contributed by atoms with van der Waals surface area (Å²) in [5.74, 6) is -0.0202. The summed E-state index contributed by atoms with van der Waals surface area (Å²) < 4.78 is 41.9. The molecule has 5 aromatic rings. The molecule has 0 atom stereocenters. The number of rotatable bonds is 6. The van der Waals surface area contributed by atoms with Crippen molar-refractivity contribution in [3.8, 4) is 28.4 Å². The van der Waals surface area contributed by atoms with Crippen LogP contribution in [0.4, 0.5) is 8.78 Å². The molecule has 0 aliphatic rings. The van der Waals surface area contributed by atoms with Crippen molar-refractivity contribution in [3.63, 3.8) is 0 Å². The van der Waals surface area contributed by atoms with E-state index in [4.69, 9.17) is 9.47 Å². The van der Waals surface area contributed by atoms with E-state index in [2.05, 4.69) is 10.1 Å². The van der Waals surface area contributed by atoms with Gasteiger partial charge in [-0.2, -0.15) is 5.10 Å². The van der Waals surface area contributed by atoms with Crippen LogP contribution >= 0.6 is 0 Å². The highest BCUT2D eigenvalue weighted by Crippen LogP contribution is 2.25. The van der Waals surface area contributed by atoms with Crippen molar-refractivity contribution in [1.29, 1.82) is 0 Å². The number of ether oxygens (including phenoxy) is 2. The Hall–Kier alpha value is -4.53. The van der Waals surface area contributed by atoms with Gasteiger partial charge in [0.25, 0.3) is 5.56 Å². The Morgan fingerprint density at radius 3 is 2.53 bits per heavy atom. The van der Waals surface area contributed by atoms with Crippen molar-refractivity contribution >= 4 is 5.65 Å². The molecule has 36 heavy (non-hydrogen) atoms. The Balaban J connectivity index is 1.53. The third-order valence-electron chi connectivity index (χ3n) is 5.83. The molecule has 0 fully saturated rings. The lowest BCUT2D eigenvalue weighted by Gasteiger charge is -2.12. The Labute approximate surface area is 205 Å². The molecule has 0 N–H and O–H groups in total. The maximum Gasteiger partial charge on any atom is 0.267 e. The summed E-state index contributed by atoms with van der Waals surface area (Å²) in [4.78, 5) is 18.1. The van der Waals surface area contributed by atoms with Gasteiger partial charge in [-0.1, -0.05) is 12.1 Å². The highest BCUT2D eigenvalue weighted by Gasteiger charge is 2.19. The number of halogens is 2. The molecule has 0 spiro atoms. The van der Waals surface area contributed by atoms with E-state index in [-0.39, 0.29) is 23.4 Å². The third-order valence-corrected chi connectivity index (χ3v) is 5.83. The van der Waals surface area contributed by atoms with Gasteiger partial charge in [0.15, 0.2) is 11.4 Å². The number of aryl methyl sites for hydroxylation is 2. The first kappa shape index (κ1) is 23.2. The fourth-order valence-electron chi connectivity index (χ4n) is 4.02. The van der Waals surface area contributed by atoms with Crippen molar-refractivity contribution < 1.29 is 18.3 Å². The average Bonchev–Trinajstić information content (AvgIpc) is 3.25. The lowest BCUT2D eigenvalue weighted by molar-refractivity contribution is 0.307. The van der Waals surface area contributed by atoms with Crippen LogP contribution in [0.3, 0.4) is 0 Å². The van der Waals surface area contributed by atoms with E-state index < -0.39 is 11.6 Å². The van der Waals surface area contributed by atoms with E-state index in [1.54, 1.807) is 45.4 Å². The largest absolute Gasteiger partial charge is 0.497 e. The predicted octanol–water partition coefficient (Wildman–Crippen LogP) is 5.03. The Morgan fingerprint density at radius 2 is 1.78 bits per heavy atom. The molecule has 0 saturated heterocycles. The lowest BCUT2D eigenvalue weighted by Crippen LogP contribution is -2.19. The molecule has 0 bridgehead atoms. The fourth-order valence-corrected chi connectivity index (χ4v) is 4.02. The number of methoxy groups -OCH3 is 1. The van der Waals surface area contributed by atoms with Crippen LogP contribution in [0.1, 0.15) is 17.0 Å². The number of hydrogen-bond donors (Lipinski definition) is 0. The van der Waals surface area contributed by atoms with Gasteiger partial charge in [-0.25, -0.2) is 18.4 Å². The van der Waals surface area contributed by atoms with Crippen molar-refractivity contribution in [3.05, 3.63) is 106 Å². The second kappa shape index (κ2) is 9.26. The van der Waals surface area contributed by atoms with Gasteiger partial charge in [-0.15, -0.1) is 0 Å². The zero-order chi connectivity index (χ0) is 25.4. The smallest absolute Gasteiger partial charge is 0.267 e. The number of benzene rings is 2. The minimum atomic E-state index is -0.627. The van der Waals surface area contributed by atoms with Gasteiger partial charge >= 0.3 is 0 Å². The van der Waals surface area contributed by atoms with Gasteiger partial charge in [-0.3, -0.25) is 9.20 Å². The van der Waals surface area contributed by atoms with Gasteiger partial charge in [0, 0.05) is 18.0 Å². The van der Waals surface area contributed by atoms with Crippen molar-refractivity contribution in [2.45, 2.75) is 20.5 Å². The first-order valence-corrected chi connectivity index (χ1v) is 11.2. The summed E-state index contributed by atoms with van der Waals surface area (Å²) in [6.07, 6.45) is 1.60. The maximum absolute atomic E-state index is 14.4. The van der Waals surface area contributed by atoms with E-state index in [0.717, 1.165) is 29.5 Å². The van der Waals surface area contributed by atoms with Gasteiger partial charge < -0.3 is 9.47 Å². The molecule has 182 valence electrons. The Bertz CT molecular complexity index is 1640. The second-order valence-electron chi connectivity index (χ2n) is 8.26. The minimum Gasteiger partial charge on any atom is -0.497 e. The standard InChI is InChI=1S/C27H22F2N4O3/c1-16-13-22(31-33(16)23-14-19(28)8-11-21(23)29)25-17(2)30-26-24(5-4-12-32(26)27(25)34)36-15-18-6-9-20(35-3)10-7-18/h4-14H,15H2,1-3H3. The molecule has 2 aromatic carbocycles. The van der Waals surface area contributed by atoms with Gasteiger partial charge in [0.2, 0.25) is 0 Å². The van der Waals surface area contributed by atoms with Gasteiger partial charge in [0.1, 0.15) is 35.4 Å². The van der Waals surface area contributed by atoms with E-state index >= 15 is 0 Å². The number of aromatic nitrogens is 4. The van der Waals surface area contributed by atoms with Gasteiger partial charge in [0.05, 0.1) is 18.4 Å². The molecule has 0 aliphatic heterocycles. The van der Waals surface area contributed by atoms with Crippen LogP contribution in [0, 0.1) is 25.5 Å². The molecule has 0 unspecified atom stereocenters. The number of hydrogen-bond acceptors (Lipinski definition) is 5. The SMILES string of the molecule is COc1ccc(COc2cccn3c(=O)c(-c4cc(C)n(-c5cc(F)ccc5F)n4)c(C)nc23)cc1. The van der Waals surface area contributed by atoms with Crippen LogP contribution < -0.4 is 15.0 Å². The van der Waals surface area contributed by atoms with Crippen molar-refractivity contribution in [2.75, 3.05) is 7.11 Å². The van der Waals surface area contributed by atoms with Crippen molar-refractivity contribution in [2.24, 2.45) is 0 Å². The van der Waals surface area contributed by atoms with Crippen LogP contribution in [0.25, 0.3) is 22.6 Å². The molecular weight excluding hydrogens is 466 g/mol. The maximum atomic E-state index is 14.4. The van der Waals surface area contributed by atoms with Crippen molar-refractivity contribution in [1.82, 2.24) is 19.2 Å². The Kier molecular flexibility index (Phi) is 5.97. The summed E-state index contributed by atoms with van der Waals surface area (Å²) in [6.45, 7) is 3.69. The van der Waals surface area contributed by atoms with Crippen LogP contribution in [-0.2, 0) is 6.61 Å². The quantitative estimate of drug-likeness (QED) is 0.335. The fraction of sp³-hybridized carbons (Fsp3) is 0.148. The normalized spacial score (nSPS) is 11.1. The van der Waals surface area contributed by atoms with Crippen LogP contribution in [0.15, 0.2) is 71.7 Å². The molecule has 0 aliphatic carbocycles. The molecule has 0 amide bonds. The predicted molar refractivity (Wildman–Crippen MR) is 131 cm³/mol. The molecule has 0 saturated carbocycles. The molecule has 7 nitrogen and oxygen atoms in total. The van der Waals surface area contributed by atoms with Crippen LogP contribution in [0.5, 0.6) is 11.5 Å². The molecule has 0 radical (unpaired) electrons.